The fourth-order valence-electron chi connectivity index (χ4n) is 4.67. The van der Waals surface area contributed by atoms with Crippen LogP contribution in [0.15, 0.2) is 84.9 Å². The third kappa shape index (κ3) is 5.14. The van der Waals surface area contributed by atoms with Crippen LogP contribution in [-0.2, 0) is 0 Å². The molecule has 1 aliphatic heterocycles. The van der Waals surface area contributed by atoms with E-state index in [-0.39, 0.29) is 5.91 Å². The molecule has 5 heteroatoms. The lowest BCUT2D eigenvalue weighted by Crippen LogP contribution is -2.48. The highest BCUT2D eigenvalue weighted by Gasteiger charge is 2.26. The maximum absolute atomic E-state index is 13.8. The number of carbonyl (C=O) groups excluding carboxylic acids is 1. The molecule has 4 nitrogen and oxygen atoms in total. The molecule has 5 rings (SSSR count). The molecule has 0 bridgehead atoms. The van der Waals surface area contributed by atoms with Gasteiger partial charge in [0.1, 0.15) is 0 Å². The predicted octanol–water partition coefficient (Wildman–Crippen LogP) is 6.33. The molecule has 35 heavy (non-hydrogen) atoms. The number of fused-ring (bicyclic) bond motifs is 1. The SMILES string of the molecule is Cc1c(-c2ccc(Cl)cc2)nc2ccccc2c1C(=O)N1CCN(C/C=C/c2ccccc2)CC1. The summed E-state index contributed by atoms with van der Waals surface area (Å²) in [6, 6.07) is 25.9. The molecule has 0 aliphatic carbocycles. The number of halogens is 1. The molecule has 1 fully saturated rings. The van der Waals surface area contributed by atoms with Crippen LogP contribution in [0.25, 0.3) is 28.2 Å². The Morgan fingerprint density at radius 3 is 2.34 bits per heavy atom. The summed E-state index contributed by atoms with van der Waals surface area (Å²) in [5, 5.41) is 1.58. The standard InChI is InChI=1S/C30H28ClN3O/c1-22-28(26-11-5-6-12-27(26)32-29(22)24-13-15-25(31)16-14-24)30(35)34-20-18-33(19-21-34)17-7-10-23-8-3-2-4-9-23/h2-16H,17-21H2,1H3/b10-7+. The van der Waals surface area contributed by atoms with Gasteiger partial charge in [0.15, 0.2) is 0 Å². The monoisotopic (exact) mass is 481 g/mol. The molecule has 2 heterocycles. The van der Waals surface area contributed by atoms with Gasteiger partial charge >= 0.3 is 0 Å². The van der Waals surface area contributed by atoms with E-state index >= 15 is 0 Å². The minimum atomic E-state index is 0.0794. The van der Waals surface area contributed by atoms with Crippen molar-refractivity contribution in [1.82, 2.24) is 14.8 Å². The molecule has 0 spiro atoms. The van der Waals surface area contributed by atoms with Gasteiger partial charge in [-0.05, 0) is 36.2 Å². The van der Waals surface area contributed by atoms with E-state index in [0.29, 0.717) is 18.1 Å². The van der Waals surface area contributed by atoms with Crippen molar-refractivity contribution in [3.05, 3.63) is 107 Å². The smallest absolute Gasteiger partial charge is 0.254 e. The van der Waals surface area contributed by atoms with E-state index in [1.165, 1.54) is 5.56 Å². The van der Waals surface area contributed by atoms with Crippen molar-refractivity contribution in [2.24, 2.45) is 0 Å². The number of hydrogen-bond acceptors (Lipinski definition) is 3. The summed E-state index contributed by atoms with van der Waals surface area (Å²) in [6.07, 6.45) is 4.36. The fourth-order valence-corrected chi connectivity index (χ4v) is 4.79. The molecule has 0 N–H and O–H groups in total. The topological polar surface area (TPSA) is 36.4 Å². The Balaban J connectivity index is 1.36. The van der Waals surface area contributed by atoms with Gasteiger partial charge in [0, 0.05) is 48.7 Å². The minimum absolute atomic E-state index is 0.0794. The number of carbonyl (C=O) groups is 1. The highest BCUT2D eigenvalue weighted by molar-refractivity contribution is 6.30. The van der Waals surface area contributed by atoms with Crippen LogP contribution in [0.3, 0.4) is 0 Å². The van der Waals surface area contributed by atoms with Crippen LogP contribution < -0.4 is 0 Å². The summed E-state index contributed by atoms with van der Waals surface area (Å²) in [4.78, 5) is 23.1. The van der Waals surface area contributed by atoms with Crippen LogP contribution in [-0.4, -0.2) is 53.4 Å². The second-order valence-corrected chi connectivity index (χ2v) is 9.33. The van der Waals surface area contributed by atoms with Crippen molar-refractivity contribution in [2.75, 3.05) is 32.7 Å². The lowest BCUT2D eigenvalue weighted by molar-refractivity contribution is 0.0651. The van der Waals surface area contributed by atoms with E-state index in [1.54, 1.807) is 0 Å². The molecular weight excluding hydrogens is 454 g/mol. The molecule has 1 aromatic heterocycles. The zero-order chi connectivity index (χ0) is 24.2. The normalized spacial score (nSPS) is 14.6. The number of pyridine rings is 1. The van der Waals surface area contributed by atoms with Gasteiger partial charge in [-0.2, -0.15) is 0 Å². The fraction of sp³-hybridized carbons (Fsp3) is 0.200. The second-order valence-electron chi connectivity index (χ2n) is 8.89. The number of piperazine rings is 1. The van der Waals surface area contributed by atoms with E-state index < -0.39 is 0 Å². The van der Waals surface area contributed by atoms with Crippen molar-refractivity contribution in [3.63, 3.8) is 0 Å². The van der Waals surface area contributed by atoms with Crippen LogP contribution in [0.5, 0.6) is 0 Å². The number of benzene rings is 3. The van der Waals surface area contributed by atoms with Gasteiger partial charge in [0.2, 0.25) is 0 Å². The highest BCUT2D eigenvalue weighted by Crippen LogP contribution is 2.31. The number of amides is 1. The Morgan fingerprint density at radius 2 is 1.60 bits per heavy atom. The van der Waals surface area contributed by atoms with Crippen molar-refractivity contribution < 1.29 is 4.79 Å². The molecular formula is C30H28ClN3O. The van der Waals surface area contributed by atoms with Gasteiger partial charge in [-0.15, -0.1) is 0 Å². The van der Waals surface area contributed by atoms with Crippen LogP contribution in [0.4, 0.5) is 0 Å². The molecule has 1 amide bonds. The highest BCUT2D eigenvalue weighted by atomic mass is 35.5. The second kappa shape index (κ2) is 10.4. The summed E-state index contributed by atoms with van der Waals surface area (Å²) in [5.74, 6) is 0.0794. The first kappa shape index (κ1) is 23.3. The molecule has 0 unspecified atom stereocenters. The Morgan fingerprint density at radius 1 is 0.914 bits per heavy atom. The first-order valence-electron chi connectivity index (χ1n) is 12.0. The average molecular weight is 482 g/mol. The Labute approximate surface area is 211 Å². The van der Waals surface area contributed by atoms with Gasteiger partial charge in [-0.1, -0.05) is 84.4 Å². The summed E-state index contributed by atoms with van der Waals surface area (Å²) < 4.78 is 0. The molecule has 0 radical (unpaired) electrons. The number of nitrogens with zero attached hydrogens (tertiary/aromatic N) is 3. The minimum Gasteiger partial charge on any atom is -0.336 e. The van der Waals surface area contributed by atoms with E-state index in [2.05, 4.69) is 29.2 Å². The summed E-state index contributed by atoms with van der Waals surface area (Å²) in [5.41, 5.74) is 5.48. The number of rotatable bonds is 5. The molecule has 0 atom stereocenters. The quantitative estimate of drug-likeness (QED) is 0.334. The lowest BCUT2D eigenvalue weighted by atomic mass is 9.96. The molecule has 1 saturated heterocycles. The Hall–Kier alpha value is -3.47. The molecule has 3 aromatic carbocycles. The Kier molecular flexibility index (Phi) is 6.94. The van der Waals surface area contributed by atoms with Gasteiger partial charge in [0.25, 0.3) is 5.91 Å². The summed E-state index contributed by atoms with van der Waals surface area (Å²) in [7, 11) is 0. The van der Waals surface area contributed by atoms with E-state index in [1.807, 2.05) is 78.6 Å². The zero-order valence-corrected chi connectivity index (χ0v) is 20.6. The molecule has 0 saturated carbocycles. The van der Waals surface area contributed by atoms with Crippen LogP contribution >= 0.6 is 11.6 Å². The first-order valence-corrected chi connectivity index (χ1v) is 12.4. The Bertz CT molecular complexity index is 1360. The van der Waals surface area contributed by atoms with Crippen molar-refractivity contribution in [1.29, 1.82) is 0 Å². The van der Waals surface area contributed by atoms with Crippen molar-refractivity contribution in [2.45, 2.75) is 6.92 Å². The maximum atomic E-state index is 13.8. The van der Waals surface area contributed by atoms with Crippen LogP contribution in [0.1, 0.15) is 21.5 Å². The third-order valence-corrected chi connectivity index (χ3v) is 6.85. The first-order chi connectivity index (χ1) is 17.1. The van der Waals surface area contributed by atoms with Gasteiger partial charge < -0.3 is 4.90 Å². The molecule has 176 valence electrons. The lowest BCUT2D eigenvalue weighted by Gasteiger charge is -2.34. The van der Waals surface area contributed by atoms with Crippen molar-refractivity contribution >= 4 is 34.5 Å². The zero-order valence-electron chi connectivity index (χ0n) is 19.8. The van der Waals surface area contributed by atoms with E-state index in [9.17, 15) is 4.79 Å². The average Bonchev–Trinajstić information content (AvgIpc) is 2.90. The number of para-hydroxylation sites is 1. The number of aromatic nitrogens is 1. The van der Waals surface area contributed by atoms with Gasteiger partial charge in [0.05, 0.1) is 16.8 Å². The summed E-state index contributed by atoms with van der Waals surface area (Å²) >= 11 is 6.10. The van der Waals surface area contributed by atoms with Crippen molar-refractivity contribution in [3.8, 4) is 11.3 Å². The third-order valence-electron chi connectivity index (χ3n) is 6.60. The van der Waals surface area contributed by atoms with E-state index in [4.69, 9.17) is 16.6 Å². The summed E-state index contributed by atoms with van der Waals surface area (Å²) in [6.45, 7) is 6.03. The number of hydrogen-bond donors (Lipinski definition) is 0. The molecule has 1 aliphatic rings. The van der Waals surface area contributed by atoms with Crippen LogP contribution in [0.2, 0.25) is 5.02 Å². The van der Waals surface area contributed by atoms with Gasteiger partial charge in [-0.3, -0.25) is 9.69 Å². The van der Waals surface area contributed by atoms with E-state index in [0.717, 1.165) is 52.9 Å². The van der Waals surface area contributed by atoms with Gasteiger partial charge in [-0.25, -0.2) is 4.98 Å². The largest absolute Gasteiger partial charge is 0.336 e. The maximum Gasteiger partial charge on any atom is 0.254 e. The molecule has 4 aromatic rings. The van der Waals surface area contributed by atoms with Crippen LogP contribution in [0, 0.1) is 6.92 Å². The predicted molar refractivity (Wildman–Crippen MR) is 145 cm³/mol.